The van der Waals surface area contributed by atoms with Gasteiger partial charge in [0.1, 0.15) is 12.4 Å². The van der Waals surface area contributed by atoms with Crippen molar-refractivity contribution >= 4 is 21.9 Å². The molecule has 0 atom stereocenters. The molecule has 76 valence electrons. The summed E-state index contributed by atoms with van der Waals surface area (Å²) < 4.78 is 5.56. The van der Waals surface area contributed by atoms with Gasteiger partial charge in [0.2, 0.25) is 0 Å². The molecule has 4 nitrogen and oxygen atoms in total. The summed E-state index contributed by atoms with van der Waals surface area (Å²) in [7, 11) is 0. The van der Waals surface area contributed by atoms with Crippen molar-refractivity contribution < 1.29 is 19.7 Å². The second-order valence-corrected chi connectivity index (χ2v) is 3.37. The van der Waals surface area contributed by atoms with E-state index >= 15 is 0 Å². The number of hydrogen-bond donors (Lipinski definition) is 2. The maximum absolute atomic E-state index is 10.6. The summed E-state index contributed by atoms with van der Waals surface area (Å²) in [5.41, 5.74) is 0.182. The van der Waals surface area contributed by atoms with Gasteiger partial charge in [0.05, 0.1) is 12.2 Å². The first-order chi connectivity index (χ1) is 6.65. The van der Waals surface area contributed by atoms with Crippen LogP contribution >= 0.6 is 15.9 Å². The minimum atomic E-state index is -0.995. The number of carboxylic acids is 1. The normalized spacial score (nSPS) is 9.86. The molecule has 0 amide bonds. The van der Waals surface area contributed by atoms with E-state index in [-0.39, 0.29) is 18.8 Å². The molecule has 0 spiro atoms. The van der Waals surface area contributed by atoms with Crippen molar-refractivity contribution in [3.8, 4) is 5.75 Å². The molecule has 0 unspecified atom stereocenters. The molecule has 0 bridgehead atoms. The van der Waals surface area contributed by atoms with Crippen LogP contribution in [0.1, 0.15) is 10.4 Å². The molecule has 0 aromatic heterocycles. The molecule has 0 saturated heterocycles. The Bertz CT molecular complexity index is 338. The van der Waals surface area contributed by atoms with E-state index in [1.54, 1.807) is 12.1 Å². The van der Waals surface area contributed by atoms with Crippen LogP contribution in [0.25, 0.3) is 0 Å². The predicted octanol–water partition coefficient (Wildman–Crippen LogP) is 1.52. The minimum absolute atomic E-state index is 0.0711. The first-order valence-corrected chi connectivity index (χ1v) is 4.71. The fourth-order valence-electron chi connectivity index (χ4n) is 0.923. The van der Waals surface area contributed by atoms with Crippen LogP contribution in [0, 0.1) is 0 Å². The SMILES string of the molecule is O=C(O)c1ccc(OCCO)cc1Br. The van der Waals surface area contributed by atoms with Gasteiger partial charge in [-0.05, 0) is 34.1 Å². The zero-order valence-electron chi connectivity index (χ0n) is 7.24. The molecular weight excluding hydrogens is 252 g/mol. The van der Waals surface area contributed by atoms with Gasteiger partial charge in [-0.15, -0.1) is 0 Å². The molecular formula is C9H9BrO4. The number of aromatic carboxylic acids is 1. The number of carbonyl (C=O) groups is 1. The molecule has 2 N–H and O–H groups in total. The third-order valence-electron chi connectivity index (χ3n) is 1.53. The van der Waals surface area contributed by atoms with Crippen LogP contribution in [0.2, 0.25) is 0 Å². The van der Waals surface area contributed by atoms with Crippen LogP contribution in [-0.2, 0) is 0 Å². The third-order valence-corrected chi connectivity index (χ3v) is 2.19. The Labute approximate surface area is 89.3 Å². The first-order valence-electron chi connectivity index (χ1n) is 3.91. The summed E-state index contributed by atoms with van der Waals surface area (Å²) in [5, 5.41) is 17.2. The van der Waals surface area contributed by atoms with Crippen molar-refractivity contribution in [3.05, 3.63) is 28.2 Å². The van der Waals surface area contributed by atoms with E-state index in [1.807, 2.05) is 0 Å². The highest BCUT2D eigenvalue weighted by Crippen LogP contribution is 2.22. The van der Waals surface area contributed by atoms with Crippen LogP contribution in [0.5, 0.6) is 5.75 Å². The Balaban J connectivity index is 2.83. The Morgan fingerprint density at radius 3 is 2.71 bits per heavy atom. The van der Waals surface area contributed by atoms with Crippen molar-refractivity contribution in [2.45, 2.75) is 0 Å². The molecule has 0 fully saturated rings. The van der Waals surface area contributed by atoms with Gasteiger partial charge in [-0.1, -0.05) is 0 Å². The molecule has 5 heteroatoms. The summed E-state index contributed by atoms with van der Waals surface area (Å²) in [6.45, 7) is 0.122. The summed E-state index contributed by atoms with van der Waals surface area (Å²) in [6.07, 6.45) is 0. The van der Waals surface area contributed by atoms with Gasteiger partial charge in [0, 0.05) is 4.47 Å². The maximum atomic E-state index is 10.6. The van der Waals surface area contributed by atoms with Gasteiger partial charge in [0.25, 0.3) is 0 Å². The highest BCUT2D eigenvalue weighted by molar-refractivity contribution is 9.10. The maximum Gasteiger partial charge on any atom is 0.336 e. The zero-order chi connectivity index (χ0) is 10.6. The number of aliphatic hydroxyl groups excluding tert-OH is 1. The van der Waals surface area contributed by atoms with Gasteiger partial charge in [-0.2, -0.15) is 0 Å². The lowest BCUT2D eigenvalue weighted by Gasteiger charge is -2.05. The van der Waals surface area contributed by atoms with E-state index in [1.165, 1.54) is 6.07 Å². The van der Waals surface area contributed by atoms with Crippen molar-refractivity contribution in [1.82, 2.24) is 0 Å². The highest BCUT2D eigenvalue weighted by Gasteiger charge is 2.08. The second kappa shape index (κ2) is 4.97. The van der Waals surface area contributed by atoms with Gasteiger partial charge in [0.15, 0.2) is 0 Å². The fourth-order valence-corrected chi connectivity index (χ4v) is 1.45. The lowest BCUT2D eigenvalue weighted by atomic mass is 10.2. The minimum Gasteiger partial charge on any atom is -0.491 e. The molecule has 1 aromatic carbocycles. The van der Waals surface area contributed by atoms with Crippen molar-refractivity contribution in [2.75, 3.05) is 13.2 Å². The Morgan fingerprint density at radius 1 is 1.50 bits per heavy atom. The first kappa shape index (κ1) is 11.0. The van der Waals surface area contributed by atoms with Crippen molar-refractivity contribution in [3.63, 3.8) is 0 Å². The topological polar surface area (TPSA) is 66.8 Å². The molecule has 0 aliphatic heterocycles. The van der Waals surface area contributed by atoms with Crippen molar-refractivity contribution in [1.29, 1.82) is 0 Å². The third kappa shape index (κ3) is 2.71. The monoisotopic (exact) mass is 260 g/mol. The highest BCUT2D eigenvalue weighted by atomic mass is 79.9. The van der Waals surface area contributed by atoms with Crippen molar-refractivity contribution in [2.24, 2.45) is 0 Å². The molecule has 1 rings (SSSR count). The molecule has 1 aromatic rings. The molecule has 0 saturated carbocycles. The van der Waals surface area contributed by atoms with Gasteiger partial charge in [-0.3, -0.25) is 0 Å². The molecule has 0 aliphatic carbocycles. The van der Waals surface area contributed by atoms with E-state index in [9.17, 15) is 4.79 Å². The number of hydrogen-bond acceptors (Lipinski definition) is 3. The standard InChI is InChI=1S/C9H9BrO4/c10-8-5-6(14-4-3-11)1-2-7(8)9(12)13/h1-2,5,11H,3-4H2,(H,12,13). The molecule has 0 aliphatic rings. The number of benzene rings is 1. The fraction of sp³-hybridized carbons (Fsp3) is 0.222. The summed E-state index contributed by atoms with van der Waals surface area (Å²) in [4.78, 5) is 10.6. The number of aliphatic hydroxyl groups is 1. The van der Waals surface area contributed by atoms with Gasteiger partial charge < -0.3 is 14.9 Å². The Hall–Kier alpha value is -1.07. The number of rotatable bonds is 4. The van der Waals surface area contributed by atoms with Crippen LogP contribution in [0.4, 0.5) is 0 Å². The lowest BCUT2D eigenvalue weighted by Crippen LogP contribution is -2.03. The molecule has 0 radical (unpaired) electrons. The van der Waals surface area contributed by atoms with E-state index < -0.39 is 5.97 Å². The van der Waals surface area contributed by atoms with Crippen LogP contribution in [0.3, 0.4) is 0 Å². The second-order valence-electron chi connectivity index (χ2n) is 2.52. The van der Waals surface area contributed by atoms with E-state index in [2.05, 4.69) is 15.9 Å². The smallest absolute Gasteiger partial charge is 0.336 e. The quantitative estimate of drug-likeness (QED) is 0.862. The average Bonchev–Trinajstić information content (AvgIpc) is 2.14. The van der Waals surface area contributed by atoms with E-state index in [0.29, 0.717) is 10.2 Å². The van der Waals surface area contributed by atoms with Crippen LogP contribution in [-0.4, -0.2) is 29.4 Å². The number of carboxylic acid groups (broad SMARTS) is 1. The zero-order valence-corrected chi connectivity index (χ0v) is 8.82. The summed E-state index contributed by atoms with van der Waals surface area (Å²) in [5.74, 6) is -0.471. The number of ether oxygens (including phenoxy) is 1. The molecule has 14 heavy (non-hydrogen) atoms. The largest absolute Gasteiger partial charge is 0.491 e. The predicted molar refractivity (Wildman–Crippen MR) is 53.7 cm³/mol. The average molecular weight is 261 g/mol. The van der Waals surface area contributed by atoms with Crippen LogP contribution in [0.15, 0.2) is 22.7 Å². The van der Waals surface area contributed by atoms with Gasteiger partial charge >= 0.3 is 5.97 Å². The van der Waals surface area contributed by atoms with E-state index in [4.69, 9.17) is 14.9 Å². The lowest BCUT2D eigenvalue weighted by molar-refractivity contribution is 0.0696. The summed E-state index contributed by atoms with van der Waals surface area (Å²) >= 11 is 3.12. The van der Waals surface area contributed by atoms with E-state index in [0.717, 1.165) is 0 Å². The number of halogens is 1. The summed E-state index contributed by atoms with van der Waals surface area (Å²) in [6, 6.07) is 4.54. The Morgan fingerprint density at radius 2 is 2.21 bits per heavy atom. The van der Waals surface area contributed by atoms with Crippen LogP contribution < -0.4 is 4.74 Å². The molecule has 0 heterocycles. The Kier molecular flexibility index (Phi) is 3.91. The van der Waals surface area contributed by atoms with Gasteiger partial charge in [-0.25, -0.2) is 4.79 Å².